The first kappa shape index (κ1) is 12.3. The van der Waals surface area contributed by atoms with Crippen LogP contribution < -0.4 is 5.73 Å². The lowest BCUT2D eigenvalue weighted by Crippen LogP contribution is -2.37. The molecule has 0 saturated heterocycles. The summed E-state index contributed by atoms with van der Waals surface area (Å²) in [6, 6.07) is 12.2. The molecule has 1 aliphatic carbocycles. The highest BCUT2D eigenvalue weighted by Gasteiger charge is 2.30. The Hall–Kier alpha value is -1.74. The topological polar surface area (TPSA) is 26.0 Å². The van der Waals surface area contributed by atoms with Gasteiger partial charge in [0.15, 0.2) is 11.6 Å². The molecule has 0 aliphatic heterocycles. The van der Waals surface area contributed by atoms with E-state index < -0.39 is 11.6 Å². The van der Waals surface area contributed by atoms with Crippen molar-refractivity contribution in [2.45, 2.75) is 24.8 Å². The summed E-state index contributed by atoms with van der Waals surface area (Å²) in [7, 11) is 0. The Bertz CT molecular complexity index is 609. The minimum Gasteiger partial charge on any atom is -0.327 e. The van der Waals surface area contributed by atoms with Crippen molar-refractivity contribution < 1.29 is 8.78 Å². The van der Waals surface area contributed by atoms with Crippen LogP contribution in [0.3, 0.4) is 0 Å². The minimum absolute atomic E-state index is 0.0558. The number of hydrogen-bond acceptors (Lipinski definition) is 1. The number of fused-ring (bicyclic) bond motifs is 1. The molecule has 2 atom stereocenters. The van der Waals surface area contributed by atoms with Crippen LogP contribution in [0.15, 0.2) is 42.5 Å². The SMILES string of the molecule is NC(Cc1ccc(F)c(F)c1)C1Cc2ccccc21. The summed E-state index contributed by atoms with van der Waals surface area (Å²) in [5, 5.41) is 0. The first-order valence-corrected chi connectivity index (χ1v) is 6.42. The third-order valence-electron chi connectivity index (χ3n) is 3.87. The van der Waals surface area contributed by atoms with Crippen LogP contribution in [0.1, 0.15) is 22.6 Å². The summed E-state index contributed by atoms with van der Waals surface area (Å²) in [4.78, 5) is 0. The van der Waals surface area contributed by atoms with Crippen LogP contribution in [-0.2, 0) is 12.8 Å². The van der Waals surface area contributed by atoms with Gasteiger partial charge in [0.05, 0.1) is 0 Å². The first-order chi connectivity index (χ1) is 9.15. The van der Waals surface area contributed by atoms with Crippen molar-refractivity contribution in [1.29, 1.82) is 0 Å². The van der Waals surface area contributed by atoms with Gasteiger partial charge in [-0.2, -0.15) is 0 Å². The van der Waals surface area contributed by atoms with Crippen molar-refractivity contribution in [3.05, 3.63) is 70.8 Å². The van der Waals surface area contributed by atoms with Gasteiger partial charge < -0.3 is 5.73 Å². The van der Waals surface area contributed by atoms with E-state index in [0.29, 0.717) is 12.3 Å². The largest absolute Gasteiger partial charge is 0.327 e. The molecule has 2 N–H and O–H groups in total. The average molecular weight is 259 g/mol. The first-order valence-electron chi connectivity index (χ1n) is 6.42. The zero-order chi connectivity index (χ0) is 13.4. The highest BCUT2D eigenvalue weighted by atomic mass is 19.2. The molecule has 2 aromatic rings. The third-order valence-corrected chi connectivity index (χ3v) is 3.87. The predicted octanol–water partition coefficient (Wildman–Crippen LogP) is 3.17. The molecule has 98 valence electrons. The van der Waals surface area contributed by atoms with Gasteiger partial charge in [-0.3, -0.25) is 0 Å². The molecule has 3 heteroatoms. The van der Waals surface area contributed by atoms with E-state index in [1.54, 1.807) is 6.07 Å². The number of rotatable bonds is 3. The van der Waals surface area contributed by atoms with Crippen LogP contribution in [0.4, 0.5) is 8.78 Å². The van der Waals surface area contributed by atoms with Gasteiger partial charge in [0, 0.05) is 12.0 Å². The van der Waals surface area contributed by atoms with Crippen LogP contribution in [0.2, 0.25) is 0 Å². The lowest BCUT2D eigenvalue weighted by molar-refractivity contribution is 0.475. The maximum absolute atomic E-state index is 13.1. The summed E-state index contributed by atoms with van der Waals surface area (Å²) in [5.74, 6) is -1.30. The zero-order valence-electron chi connectivity index (χ0n) is 10.4. The molecule has 0 saturated carbocycles. The molecule has 19 heavy (non-hydrogen) atoms. The van der Waals surface area contributed by atoms with Crippen molar-refractivity contribution in [2.24, 2.45) is 5.73 Å². The Morgan fingerprint density at radius 3 is 2.63 bits per heavy atom. The van der Waals surface area contributed by atoms with Crippen molar-refractivity contribution in [3.8, 4) is 0 Å². The van der Waals surface area contributed by atoms with Gasteiger partial charge in [0.1, 0.15) is 0 Å². The average Bonchev–Trinajstić information content (AvgIpc) is 2.35. The van der Waals surface area contributed by atoms with Gasteiger partial charge in [0.25, 0.3) is 0 Å². The van der Waals surface area contributed by atoms with Gasteiger partial charge in [-0.25, -0.2) is 8.78 Å². The summed E-state index contributed by atoms with van der Waals surface area (Å²) < 4.78 is 26.0. The van der Waals surface area contributed by atoms with Crippen LogP contribution in [0, 0.1) is 11.6 Å². The van der Waals surface area contributed by atoms with Gasteiger partial charge in [-0.15, -0.1) is 0 Å². The second-order valence-corrected chi connectivity index (χ2v) is 5.13. The number of hydrogen-bond donors (Lipinski definition) is 1. The van der Waals surface area contributed by atoms with Crippen LogP contribution in [-0.4, -0.2) is 6.04 Å². The second-order valence-electron chi connectivity index (χ2n) is 5.13. The van der Waals surface area contributed by atoms with Gasteiger partial charge >= 0.3 is 0 Å². The molecule has 2 unspecified atom stereocenters. The van der Waals surface area contributed by atoms with E-state index in [0.717, 1.165) is 18.1 Å². The summed E-state index contributed by atoms with van der Waals surface area (Å²) in [5.41, 5.74) is 9.57. The fourth-order valence-electron chi connectivity index (χ4n) is 2.76. The summed E-state index contributed by atoms with van der Waals surface area (Å²) >= 11 is 0. The Morgan fingerprint density at radius 2 is 1.89 bits per heavy atom. The van der Waals surface area contributed by atoms with Crippen LogP contribution >= 0.6 is 0 Å². The zero-order valence-corrected chi connectivity index (χ0v) is 10.4. The van der Waals surface area contributed by atoms with E-state index >= 15 is 0 Å². The molecule has 0 aromatic heterocycles. The molecular weight excluding hydrogens is 244 g/mol. The van der Waals surface area contributed by atoms with E-state index in [-0.39, 0.29) is 6.04 Å². The lowest BCUT2D eigenvalue weighted by atomic mass is 9.72. The number of benzene rings is 2. The molecule has 0 bridgehead atoms. The van der Waals surface area contributed by atoms with E-state index in [1.807, 2.05) is 12.1 Å². The Balaban J connectivity index is 1.73. The normalized spacial score (nSPS) is 18.6. The van der Waals surface area contributed by atoms with Gasteiger partial charge in [-0.05, 0) is 41.7 Å². The molecule has 0 amide bonds. The molecule has 3 rings (SSSR count). The smallest absolute Gasteiger partial charge is 0.159 e. The summed E-state index contributed by atoms with van der Waals surface area (Å²) in [6.07, 6.45) is 1.54. The third kappa shape index (κ3) is 2.26. The van der Waals surface area contributed by atoms with E-state index in [2.05, 4.69) is 12.1 Å². The molecule has 0 fully saturated rings. The van der Waals surface area contributed by atoms with Crippen molar-refractivity contribution in [1.82, 2.24) is 0 Å². The summed E-state index contributed by atoms with van der Waals surface area (Å²) in [6.45, 7) is 0. The fraction of sp³-hybridized carbons (Fsp3) is 0.250. The quantitative estimate of drug-likeness (QED) is 0.900. The molecule has 2 aromatic carbocycles. The standard InChI is InChI=1S/C16H15F2N/c17-14-6-5-10(7-15(14)18)8-16(19)13-9-11-3-1-2-4-12(11)13/h1-7,13,16H,8-9,19H2. The molecule has 1 aliphatic rings. The van der Waals surface area contributed by atoms with Crippen LogP contribution in [0.5, 0.6) is 0 Å². The van der Waals surface area contributed by atoms with Crippen molar-refractivity contribution in [3.63, 3.8) is 0 Å². The van der Waals surface area contributed by atoms with Crippen molar-refractivity contribution >= 4 is 0 Å². The Labute approximate surface area is 111 Å². The predicted molar refractivity (Wildman–Crippen MR) is 70.9 cm³/mol. The molecule has 0 spiro atoms. The maximum Gasteiger partial charge on any atom is 0.159 e. The molecule has 0 radical (unpaired) electrons. The maximum atomic E-state index is 13.1. The number of nitrogens with two attached hydrogens (primary N) is 1. The fourth-order valence-corrected chi connectivity index (χ4v) is 2.76. The van der Waals surface area contributed by atoms with Crippen LogP contribution in [0.25, 0.3) is 0 Å². The molecular formula is C16H15F2N. The second kappa shape index (κ2) is 4.74. The van der Waals surface area contributed by atoms with E-state index in [4.69, 9.17) is 5.73 Å². The lowest BCUT2D eigenvalue weighted by Gasteiger charge is -2.34. The highest BCUT2D eigenvalue weighted by molar-refractivity contribution is 5.41. The van der Waals surface area contributed by atoms with Crippen molar-refractivity contribution in [2.75, 3.05) is 0 Å². The van der Waals surface area contributed by atoms with Gasteiger partial charge in [-0.1, -0.05) is 30.3 Å². The number of halogens is 2. The Kier molecular flexibility index (Phi) is 3.07. The monoisotopic (exact) mass is 259 g/mol. The Morgan fingerprint density at radius 1 is 1.11 bits per heavy atom. The minimum atomic E-state index is -0.814. The molecule has 0 heterocycles. The van der Waals surface area contributed by atoms with Gasteiger partial charge in [0.2, 0.25) is 0 Å². The highest BCUT2D eigenvalue weighted by Crippen LogP contribution is 2.37. The van der Waals surface area contributed by atoms with E-state index in [1.165, 1.54) is 17.2 Å². The van der Waals surface area contributed by atoms with E-state index in [9.17, 15) is 8.78 Å². The molecule has 1 nitrogen and oxygen atoms in total.